The molecule has 0 radical (unpaired) electrons. The molecule has 2 aromatic heterocycles. The number of carbonyl (C=O) groups is 1. The van der Waals surface area contributed by atoms with Crippen molar-refractivity contribution in [3.63, 3.8) is 0 Å². The normalized spacial score (nSPS) is 15.6. The summed E-state index contributed by atoms with van der Waals surface area (Å²) in [6.45, 7) is 1.33. The molecule has 0 bridgehead atoms. The molecule has 1 aliphatic rings. The van der Waals surface area contributed by atoms with E-state index in [-0.39, 0.29) is 11.8 Å². The van der Waals surface area contributed by atoms with Gasteiger partial charge in [-0.15, -0.1) is 5.10 Å². The number of aromatic nitrogens is 5. The van der Waals surface area contributed by atoms with Crippen LogP contribution in [0.2, 0.25) is 0 Å². The lowest BCUT2D eigenvalue weighted by Crippen LogP contribution is -2.53. The lowest BCUT2D eigenvalue weighted by Gasteiger charge is -2.39. The molecule has 0 aromatic carbocycles. The van der Waals surface area contributed by atoms with Crippen LogP contribution in [0.4, 0.5) is 5.82 Å². The summed E-state index contributed by atoms with van der Waals surface area (Å²) in [4.78, 5) is 23.9. The van der Waals surface area contributed by atoms with Gasteiger partial charge in [0.15, 0.2) is 17.0 Å². The van der Waals surface area contributed by atoms with E-state index < -0.39 is 0 Å². The molecule has 0 N–H and O–H groups in total. The summed E-state index contributed by atoms with van der Waals surface area (Å²) in [5, 5.41) is 8.02. The van der Waals surface area contributed by atoms with Crippen molar-refractivity contribution in [1.29, 1.82) is 0 Å². The maximum absolute atomic E-state index is 11.8. The van der Waals surface area contributed by atoms with E-state index in [9.17, 15) is 4.79 Å². The van der Waals surface area contributed by atoms with Gasteiger partial charge in [-0.1, -0.05) is 5.21 Å². The number of aryl methyl sites for hydroxylation is 1. The minimum atomic E-state index is 0.0386. The van der Waals surface area contributed by atoms with Crippen molar-refractivity contribution in [1.82, 2.24) is 29.9 Å². The Bertz CT molecular complexity index is 629. The second kappa shape index (κ2) is 4.15. The molecule has 1 saturated heterocycles. The Hall–Kier alpha value is -2.25. The van der Waals surface area contributed by atoms with Gasteiger partial charge in [0.1, 0.15) is 6.33 Å². The Labute approximate surface area is 110 Å². The standard InChI is InChI=1S/C11H15N7O/c1-16(2)11(19)7-4-18(5-7)10-8-9(12-6-13-10)17(3)15-14-8/h6-7H,4-5H2,1-3H3. The summed E-state index contributed by atoms with van der Waals surface area (Å²) in [6.07, 6.45) is 1.50. The van der Waals surface area contributed by atoms with Crippen LogP contribution >= 0.6 is 0 Å². The second-order valence-electron chi connectivity index (χ2n) is 4.92. The summed E-state index contributed by atoms with van der Waals surface area (Å²) >= 11 is 0. The number of amides is 1. The first kappa shape index (κ1) is 11.8. The first-order valence-electron chi connectivity index (χ1n) is 6.04. The SMILES string of the molecule is CN(C)C(=O)C1CN(c2ncnc3c2nnn3C)C1. The number of rotatable bonds is 2. The van der Waals surface area contributed by atoms with Crippen molar-refractivity contribution in [2.75, 3.05) is 32.1 Å². The molecule has 19 heavy (non-hydrogen) atoms. The van der Waals surface area contributed by atoms with Crippen molar-refractivity contribution < 1.29 is 4.79 Å². The number of hydrogen-bond donors (Lipinski definition) is 0. The zero-order valence-corrected chi connectivity index (χ0v) is 11.1. The summed E-state index contributed by atoms with van der Waals surface area (Å²) in [6, 6.07) is 0. The zero-order chi connectivity index (χ0) is 13.6. The summed E-state index contributed by atoms with van der Waals surface area (Å²) in [5.41, 5.74) is 1.38. The van der Waals surface area contributed by atoms with E-state index in [1.54, 1.807) is 30.7 Å². The Morgan fingerprint density at radius 1 is 1.37 bits per heavy atom. The molecule has 1 aliphatic heterocycles. The van der Waals surface area contributed by atoms with Crippen LogP contribution in [0.5, 0.6) is 0 Å². The molecule has 3 rings (SSSR count). The Balaban J connectivity index is 1.83. The minimum Gasteiger partial charge on any atom is -0.353 e. The molecule has 0 saturated carbocycles. The molecule has 1 fully saturated rings. The van der Waals surface area contributed by atoms with Crippen LogP contribution in [0.1, 0.15) is 0 Å². The van der Waals surface area contributed by atoms with Crippen molar-refractivity contribution in [2.45, 2.75) is 0 Å². The highest BCUT2D eigenvalue weighted by Gasteiger charge is 2.35. The van der Waals surface area contributed by atoms with Crippen LogP contribution in [0, 0.1) is 5.92 Å². The average molecular weight is 261 g/mol. The predicted octanol–water partition coefficient (Wildman–Crippen LogP) is -0.717. The first-order valence-corrected chi connectivity index (χ1v) is 6.04. The number of fused-ring (bicyclic) bond motifs is 1. The maximum atomic E-state index is 11.8. The van der Waals surface area contributed by atoms with Gasteiger partial charge in [0.2, 0.25) is 5.91 Å². The van der Waals surface area contributed by atoms with Crippen molar-refractivity contribution in [3.8, 4) is 0 Å². The van der Waals surface area contributed by atoms with Crippen LogP contribution in [0.25, 0.3) is 11.2 Å². The van der Waals surface area contributed by atoms with E-state index in [4.69, 9.17) is 0 Å². The lowest BCUT2D eigenvalue weighted by atomic mass is 9.99. The van der Waals surface area contributed by atoms with Gasteiger partial charge >= 0.3 is 0 Å². The maximum Gasteiger partial charge on any atom is 0.228 e. The van der Waals surface area contributed by atoms with Crippen LogP contribution in [-0.2, 0) is 11.8 Å². The largest absolute Gasteiger partial charge is 0.353 e. The smallest absolute Gasteiger partial charge is 0.228 e. The molecule has 0 unspecified atom stereocenters. The molecule has 3 heterocycles. The van der Waals surface area contributed by atoms with Crippen molar-refractivity contribution in [3.05, 3.63) is 6.33 Å². The van der Waals surface area contributed by atoms with Gasteiger partial charge in [0.25, 0.3) is 0 Å². The van der Waals surface area contributed by atoms with Crippen molar-refractivity contribution >= 4 is 22.9 Å². The molecule has 100 valence electrons. The number of anilines is 1. The fourth-order valence-electron chi connectivity index (χ4n) is 2.25. The fourth-order valence-corrected chi connectivity index (χ4v) is 2.25. The monoisotopic (exact) mass is 261 g/mol. The van der Waals surface area contributed by atoms with E-state index in [0.29, 0.717) is 24.3 Å². The lowest BCUT2D eigenvalue weighted by molar-refractivity contribution is -0.133. The molecule has 0 aliphatic carbocycles. The topological polar surface area (TPSA) is 80.0 Å². The highest BCUT2D eigenvalue weighted by atomic mass is 16.2. The Morgan fingerprint density at radius 3 is 2.79 bits per heavy atom. The van der Waals surface area contributed by atoms with Gasteiger partial charge in [0.05, 0.1) is 5.92 Å². The van der Waals surface area contributed by atoms with Crippen molar-refractivity contribution in [2.24, 2.45) is 13.0 Å². The zero-order valence-electron chi connectivity index (χ0n) is 11.1. The number of hydrogen-bond acceptors (Lipinski definition) is 6. The van der Waals surface area contributed by atoms with Gasteiger partial charge in [-0.05, 0) is 0 Å². The summed E-state index contributed by atoms with van der Waals surface area (Å²) < 4.78 is 1.61. The molecule has 2 aromatic rings. The van der Waals surface area contributed by atoms with E-state index in [2.05, 4.69) is 20.3 Å². The molecular weight excluding hydrogens is 246 g/mol. The van der Waals surface area contributed by atoms with Crippen LogP contribution in [0.3, 0.4) is 0 Å². The van der Waals surface area contributed by atoms with E-state index in [1.807, 2.05) is 4.90 Å². The van der Waals surface area contributed by atoms with Gasteiger partial charge in [-0.2, -0.15) is 0 Å². The Morgan fingerprint density at radius 2 is 2.11 bits per heavy atom. The highest BCUT2D eigenvalue weighted by Crippen LogP contribution is 2.27. The van der Waals surface area contributed by atoms with E-state index in [0.717, 1.165) is 5.82 Å². The van der Waals surface area contributed by atoms with Gasteiger partial charge in [0, 0.05) is 34.2 Å². The molecular formula is C11H15N7O. The average Bonchev–Trinajstić information content (AvgIpc) is 2.70. The number of nitrogens with zero attached hydrogens (tertiary/aromatic N) is 7. The third-order valence-corrected chi connectivity index (χ3v) is 3.34. The minimum absolute atomic E-state index is 0.0386. The second-order valence-corrected chi connectivity index (χ2v) is 4.92. The molecule has 1 amide bonds. The van der Waals surface area contributed by atoms with Crippen LogP contribution < -0.4 is 4.90 Å². The van der Waals surface area contributed by atoms with Crippen LogP contribution in [0.15, 0.2) is 6.33 Å². The molecule has 8 heteroatoms. The third kappa shape index (κ3) is 1.79. The fraction of sp³-hybridized carbons (Fsp3) is 0.545. The first-order chi connectivity index (χ1) is 9.08. The predicted molar refractivity (Wildman–Crippen MR) is 68.5 cm³/mol. The third-order valence-electron chi connectivity index (χ3n) is 3.34. The molecule has 8 nitrogen and oxygen atoms in total. The quantitative estimate of drug-likeness (QED) is 0.710. The summed E-state index contributed by atoms with van der Waals surface area (Å²) in [7, 11) is 5.34. The molecule has 0 spiro atoms. The van der Waals surface area contributed by atoms with E-state index in [1.165, 1.54) is 6.33 Å². The Kier molecular flexibility index (Phi) is 2.58. The van der Waals surface area contributed by atoms with E-state index >= 15 is 0 Å². The van der Waals surface area contributed by atoms with Gasteiger partial charge in [-0.25, -0.2) is 14.6 Å². The van der Waals surface area contributed by atoms with Gasteiger partial charge in [-0.3, -0.25) is 4.79 Å². The van der Waals surface area contributed by atoms with Gasteiger partial charge < -0.3 is 9.80 Å². The highest BCUT2D eigenvalue weighted by molar-refractivity contribution is 5.86. The number of carbonyl (C=O) groups excluding carboxylic acids is 1. The van der Waals surface area contributed by atoms with Crippen LogP contribution in [-0.4, -0.2) is 63.0 Å². The summed E-state index contributed by atoms with van der Waals surface area (Å²) in [5.74, 6) is 0.943. The molecule has 0 atom stereocenters.